The van der Waals surface area contributed by atoms with E-state index in [2.05, 4.69) is 0 Å². The largest absolute Gasteiger partial charge is 0.369 e. The van der Waals surface area contributed by atoms with Crippen LogP contribution >= 0.6 is 11.6 Å². The van der Waals surface area contributed by atoms with Gasteiger partial charge in [0.25, 0.3) is 0 Å². The van der Waals surface area contributed by atoms with Crippen LogP contribution in [0.4, 0.5) is 4.39 Å². The highest BCUT2D eigenvalue weighted by atomic mass is 35.5. The Hall–Kier alpha value is -1.09. The van der Waals surface area contributed by atoms with Crippen LogP contribution in [-0.4, -0.2) is 5.91 Å². The van der Waals surface area contributed by atoms with Gasteiger partial charge in [-0.3, -0.25) is 4.79 Å². The summed E-state index contributed by atoms with van der Waals surface area (Å²) in [6.45, 7) is -0.602. The van der Waals surface area contributed by atoms with Gasteiger partial charge >= 0.3 is 0 Å². The molecule has 70 valence electrons. The molecule has 0 aliphatic heterocycles. The zero-order chi connectivity index (χ0) is 9.84. The van der Waals surface area contributed by atoms with Crippen LogP contribution in [0.2, 0.25) is 5.02 Å². The highest BCUT2D eigenvalue weighted by molar-refractivity contribution is 6.31. The molecule has 1 aromatic rings. The van der Waals surface area contributed by atoms with Crippen molar-refractivity contribution in [1.82, 2.24) is 0 Å². The summed E-state index contributed by atoms with van der Waals surface area (Å²) in [4.78, 5) is 10.5. The van der Waals surface area contributed by atoms with Crippen molar-refractivity contribution < 1.29 is 9.18 Å². The Morgan fingerprint density at radius 3 is 2.69 bits per heavy atom. The van der Waals surface area contributed by atoms with Crippen LogP contribution in [0.25, 0.3) is 0 Å². The lowest BCUT2D eigenvalue weighted by Gasteiger charge is -2.02. The minimum absolute atomic E-state index is 0.131. The molecule has 13 heavy (non-hydrogen) atoms. The van der Waals surface area contributed by atoms with Gasteiger partial charge in [0.15, 0.2) is 0 Å². The second kappa shape index (κ2) is 4.23. The number of amides is 1. The summed E-state index contributed by atoms with van der Waals surface area (Å²) >= 11 is 5.72. The van der Waals surface area contributed by atoms with E-state index < -0.39 is 12.6 Å². The molecule has 0 fully saturated rings. The Morgan fingerprint density at radius 1 is 1.54 bits per heavy atom. The lowest BCUT2D eigenvalue weighted by molar-refractivity contribution is -0.117. The van der Waals surface area contributed by atoms with Crippen LogP contribution < -0.4 is 5.73 Å². The average molecular weight is 202 g/mol. The fourth-order valence-corrected chi connectivity index (χ4v) is 1.26. The van der Waals surface area contributed by atoms with Gasteiger partial charge in [-0.1, -0.05) is 23.7 Å². The maximum absolute atomic E-state index is 12.2. The number of hydrogen-bond donors (Lipinski definition) is 1. The first-order valence-corrected chi connectivity index (χ1v) is 4.13. The highest BCUT2D eigenvalue weighted by Crippen LogP contribution is 2.18. The van der Waals surface area contributed by atoms with E-state index >= 15 is 0 Å². The van der Waals surface area contributed by atoms with Crippen molar-refractivity contribution in [1.29, 1.82) is 0 Å². The summed E-state index contributed by atoms with van der Waals surface area (Å²) in [6.07, 6.45) is 0.131. The molecule has 4 heteroatoms. The molecular formula is C9H9ClFNO. The van der Waals surface area contributed by atoms with E-state index in [-0.39, 0.29) is 6.42 Å². The number of carbonyl (C=O) groups is 1. The zero-order valence-electron chi connectivity index (χ0n) is 6.89. The first-order valence-electron chi connectivity index (χ1n) is 3.75. The molecule has 0 aliphatic carbocycles. The maximum atomic E-state index is 12.2. The summed E-state index contributed by atoms with van der Waals surface area (Å²) in [5, 5.41) is 0.334. The zero-order valence-corrected chi connectivity index (χ0v) is 7.64. The monoisotopic (exact) mass is 201 g/mol. The van der Waals surface area contributed by atoms with E-state index in [1.807, 2.05) is 0 Å². The Labute approximate surface area is 80.5 Å². The summed E-state index contributed by atoms with van der Waals surface area (Å²) in [5.74, 6) is -0.427. The fraction of sp³-hybridized carbons (Fsp3) is 0.222. The maximum Gasteiger partial charge on any atom is 0.221 e. The van der Waals surface area contributed by atoms with Gasteiger partial charge in [0.1, 0.15) is 6.67 Å². The van der Waals surface area contributed by atoms with Gasteiger partial charge in [0, 0.05) is 10.6 Å². The molecule has 2 nitrogen and oxygen atoms in total. The molecule has 0 atom stereocenters. The van der Waals surface area contributed by atoms with Crippen molar-refractivity contribution in [2.24, 2.45) is 5.73 Å². The number of alkyl halides is 1. The number of benzene rings is 1. The molecule has 0 saturated carbocycles. The third-order valence-electron chi connectivity index (χ3n) is 1.64. The molecule has 0 saturated heterocycles. The molecule has 0 unspecified atom stereocenters. The van der Waals surface area contributed by atoms with Crippen molar-refractivity contribution in [2.75, 3.05) is 0 Å². The standard InChI is InChI=1S/C9H9ClFNO/c10-8-3-6(4-9(12)13)1-2-7(8)5-11/h1-3H,4-5H2,(H2,12,13). The molecule has 0 aromatic heterocycles. The molecule has 1 rings (SSSR count). The molecule has 1 aromatic carbocycles. The van der Waals surface area contributed by atoms with Crippen LogP contribution in [0, 0.1) is 0 Å². The summed E-state index contributed by atoms with van der Waals surface area (Å²) in [5.41, 5.74) is 6.12. The predicted octanol–water partition coefficient (Wildman–Crippen LogP) is 1.84. The van der Waals surface area contributed by atoms with Crippen LogP contribution in [0.3, 0.4) is 0 Å². The number of nitrogens with two attached hydrogens (primary N) is 1. The van der Waals surface area contributed by atoms with Crippen molar-refractivity contribution in [3.05, 3.63) is 34.3 Å². The summed E-state index contributed by atoms with van der Waals surface area (Å²) in [7, 11) is 0. The number of rotatable bonds is 3. The van der Waals surface area contributed by atoms with Crippen molar-refractivity contribution in [3.63, 3.8) is 0 Å². The molecule has 0 radical (unpaired) electrons. The smallest absolute Gasteiger partial charge is 0.221 e. The summed E-state index contributed by atoms with van der Waals surface area (Å²) in [6, 6.07) is 4.76. The van der Waals surface area contributed by atoms with E-state index in [1.165, 1.54) is 0 Å². The van der Waals surface area contributed by atoms with Gasteiger partial charge in [-0.15, -0.1) is 0 Å². The SMILES string of the molecule is NC(=O)Cc1ccc(CF)c(Cl)c1. The first-order chi connectivity index (χ1) is 6.13. The highest BCUT2D eigenvalue weighted by Gasteiger charge is 2.03. The molecule has 0 heterocycles. The molecule has 0 spiro atoms. The van der Waals surface area contributed by atoms with E-state index in [4.69, 9.17) is 17.3 Å². The minimum atomic E-state index is -0.602. The van der Waals surface area contributed by atoms with Gasteiger partial charge in [0.05, 0.1) is 6.42 Å². The van der Waals surface area contributed by atoms with Crippen LogP contribution in [0.1, 0.15) is 11.1 Å². The van der Waals surface area contributed by atoms with Gasteiger partial charge in [-0.25, -0.2) is 4.39 Å². The average Bonchev–Trinajstić information content (AvgIpc) is 2.03. The normalized spacial score (nSPS) is 10.0. The van der Waals surface area contributed by atoms with Gasteiger partial charge in [-0.05, 0) is 11.6 Å². The van der Waals surface area contributed by atoms with Crippen LogP contribution in [0.5, 0.6) is 0 Å². The van der Waals surface area contributed by atoms with Crippen molar-refractivity contribution >= 4 is 17.5 Å². The number of primary amides is 1. The minimum Gasteiger partial charge on any atom is -0.369 e. The van der Waals surface area contributed by atoms with Crippen LogP contribution in [0.15, 0.2) is 18.2 Å². The topological polar surface area (TPSA) is 43.1 Å². The number of hydrogen-bond acceptors (Lipinski definition) is 1. The lowest BCUT2D eigenvalue weighted by atomic mass is 10.1. The quantitative estimate of drug-likeness (QED) is 0.797. The van der Waals surface area contributed by atoms with E-state index in [9.17, 15) is 9.18 Å². The number of halogens is 2. The number of carbonyl (C=O) groups excluding carboxylic acids is 1. The third-order valence-corrected chi connectivity index (χ3v) is 1.99. The Kier molecular flexibility index (Phi) is 3.25. The molecule has 2 N–H and O–H groups in total. The second-order valence-electron chi connectivity index (χ2n) is 2.70. The summed E-state index contributed by atoms with van der Waals surface area (Å²) < 4.78 is 12.2. The van der Waals surface area contributed by atoms with E-state index in [0.717, 1.165) is 0 Å². The van der Waals surface area contributed by atoms with Crippen molar-refractivity contribution in [2.45, 2.75) is 13.1 Å². The third kappa shape index (κ3) is 2.70. The van der Waals surface area contributed by atoms with E-state index in [1.54, 1.807) is 18.2 Å². The Balaban J connectivity index is 2.89. The Morgan fingerprint density at radius 2 is 2.23 bits per heavy atom. The first kappa shape index (κ1) is 9.99. The molecule has 1 amide bonds. The van der Waals surface area contributed by atoms with Gasteiger partial charge in [0.2, 0.25) is 5.91 Å². The van der Waals surface area contributed by atoms with E-state index in [0.29, 0.717) is 16.1 Å². The van der Waals surface area contributed by atoms with Gasteiger partial charge in [-0.2, -0.15) is 0 Å². The predicted molar refractivity (Wildman–Crippen MR) is 49.2 cm³/mol. The lowest BCUT2D eigenvalue weighted by Crippen LogP contribution is -2.13. The molecule has 0 aliphatic rings. The molecular weight excluding hydrogens is 193 g/mol. The van der Waals surface area contributed by atoms with Gasteiger partial charge < -0.3 is 5.73 Å². The molecule has 0 bridgehead atoms. The van der Waals surface area contributed by atoms with Crippen molar-refractivity contribution in [3.8, 4) is 0 Å². The fourth-order valence-electron chi connectivity index (χ4n) is 1.01. The van der Waals surface area contributed by atoms with Crippen LogP contribution in [-0.2, 0) is 17.9 Å². The second-order valence-corrected chi connectivity index (χ2v) is 3.11. The Bertz CT molecular complexity index is 327.